The maximum atomic E-state index is 14.2. The second-order valence-corrected chi connectivity index (χ2v) is 8.47. The number of benzene rings is 1. The van der Waals surface area contributed by atoms with Crippen molar-refractivity contribution in [1.29, 1.82) is 0 Å². The van der Waals surface area contributed by atoms with Crippen LogP contribution in [-0.2, 0) is 11.3 Å². The molecule has 3 aromatic heterocycles. The molecule has 1 aliphatic heterocycles. The fraction of sp³-hybridized carbons (Fsp3) is 0.261. The van der Waals surface area contributed by atoms with Crippen LogP contribution in [0.5, 0.6) is 5.75 Å². The smallest absolute Gasteiger partial charge is 0.165 e. The number of aromatic amines is 1. The van der Waals surface area contributed by atoms with Crippen LogP contribution in [0.3, 0.4) is 0 Å². The average molecular weight is 424 g/mol. The molecular weight excluding hydrogens is 401 g/mol. The molecule has 0 saturated carbocycles. The maximum Gasteiger partial charge on any atom is 0.165 e. The van der Waals surface area contributed by atoms with Gasteiger partial charge in [-0.25, -0.2) is 9.37 Å². The average Bonchev–Trinajstić information content (AvgIpc) is 3.41. The molecular formula is C23H22FN3O2S. The molecule has 1 saturated heterocycles. The fourth-order valence-corrected chi connectivity index (χ4v) is 4.92. The van der Waals surface area contributed by atoms with Crippen LogP contribution in [0.2, 0.25) is 0 Å². The Kier molecular flexibility index (Phi) is 5.25. The summed E-state index contributed by atoms with van der Waals surface area (Å²) >= 11 is 1.79. The van der Waals surface area contributed by atoms with Crippen molar-refractivity contribution in [3.05, 3.63) is 59.5 Å². The van der Waals surface area contributed by atoms with Crippen LogP contribution >= 0.6 is 11.3 Å². The van der Waals surface area contributed by atoms with E-state index in [0.29, 0.717) is 5.56 Å². The monoisotopic (exact) mass is 423 g/mol. The van der Waals surface area contributed by atoms with Crippen LogP contribution in [0.4, 0.5) is 4.39 Å². The lowest BCUT2D eigenvalue weighted by molar-refractivity contribution is 0.0346. The van der Waals surface area contributed by atoms with Gasteiger partial charge in [0, 0.05) is 63.9 Å². The molecule has 0 unspecified atom stereocenters. The number of aromatic nitrogens is 2. The second kappa shape index (κ2) is 8.18. The van der Waals surface area contributed by atoms with Crippen LogP contribution in [0, 0.1) is 5.82 Å². The summed E-state index contributed by atoms with van der Waals surface area (Å²) in [4.78, 5) is 12.7. The predicted octanol–water partition coefficient (Wildman–Crippen LogP) is 4.94. The molecule has 5 rings (SSSR count). The second-order valence-electron chi connectivity index (χ2n) is 7.30. The zero-order valence-electron chi connectivity index (χ0n) is 16.7. The summed E-state index contributed by atoms with van der Waals surface area (Å²) < 4.78 is 25.0. The third-order valence-corrected chi connectivity index (χ3v) is 6.54. The molecule has 4 heterocycles. The highest BCUT2D eigenvalue weighted by Crippen LogP contribution is 2.38. The molecule has 0 radical (unpaired) electrons. The van der Waals surface area contributed by atoms with Crippen molar-refractivity contribution in [3.63, 3.8) is 0 Å². The van der Waals surface area contributed by atoms with Gasteiger partial charge in [0.2, 0.25) is 0 Å². The third-order valence-electron chi connectivity index (χ3n) is 5.42. The van der Waals surface area contributed by atoms with Crippen LogP contribution < -0.4 is 4.74 Å². The van der Waals surface area contributed by atoms with Gasteiger partial charge in [-0.2, -0.15) is 0 Å². The van der Waals surface area contributed by atoms with Crippen LogP contribution in [-0.4, -0.2) is 48.3 Å². The molecule has 0 atom stereocenters. The van der Waals surface area contributed by atoms with E-state index in [1.807, 2.05) is 18.5 Å². The summed E-state index contributed by atoms with van der Waals surface area (Å²) in [6, 6.07) is 11.4. The predicted molar refractivity (Wildman–Crippen MR) is 117 cm³/mol. The number of ether oxygens (including phenoxy) is 2. The fourth-order valence-electron chi connectivity index (χ4n) is 3.89. The summed E-state index contributed by atoms with van der Waals surface area (Å²) in [5.74, 6) is -0.132. The standard InChI is InChI=1S/C23H22FN3O2S/c1-28-22-17(3-2-4-20(22)24)19-13-26-23-18(19)11-15(12-25-23)21-6-5-16(30-21)14-27-7-9-29-10-8-27/h2-6,11-13H,7-10,14H2,1H3,(H,25,26). The first-order chi connectivity index (χ1) is 14.7. The van der Waals surface area contributed by atoms with E-state index >= 15 is 0 Å². The molecule has 0 amide bonds. The lowest BCUT2D eigenvalue weighted by Crippen LogP contribution is -2.35. The molecule has 154 valence electrons. The number of rotatable bonds is 5. The quantitative estimate of drug-likeness (QED) is 0.494. The topological polar surface area (TPSA) is 50.4 Å². The van der Waals surface area contributed by atoms with Gasteiger partial charge in [-0.3, -0.25) is 4.90 Å². The number of hydrogen-bond acceptors (Lipinski definition) is 5. The molecule has 30 heavy (non-hydrogen) atoms. The number of morpholine rings is 1. The van der Waals surface area contributed by atoms with E-state index < -0.39 is 0 Å². The minimum Gasteiger partial charge on any atom is -0.493 e. The molecule has 1 fully saturated rings. The van der Waals surface area contributed by atoms with E-state index in [2.05, 4.69) is 33.1 Å². The van der Waals surface area contributed by atoms with E-state index in [4.69, 9.17) is 9.47 Å². The van der Waals surface area contributed by atoms with Gasteiger partial charge in [-0.05, 0) is 24.3 Å². The summed E-state index contributed by atoms with van der Waals surface area (Å²) in [5.41, 5.74) is 3.41. The largest absolute Gasteiger partial charge is 0.493 e. The number of fused-ring (bicyclic) bond motifs is 1. The van der Waals surface area contributed by atoms with Crippen molar-refractivity contribution in [2.75, 3.05) is 33.4 Å². The molecule has 0 aliphatic carbocycles. The van der Waals surface area contributed by atoms with Gasteiger partial charge in [-0.15, -0.1) is 11.3 Å². The molecule has 1 aliphatic rings. The van der Waals surface area contributed by atoms with Gasteiger partial charge in [-0.1, -0.05) is 12.1 Å². The Balaban J connectivity index is 1.49. The molecule has 0 bridgehead atoms. The summed E-state index contributed by atoms with van der Waals surface area (Å²) in [5, 5.41) is 0.944. The summed E-state index contributed by atoms with van der Waals surface area (Å²) in [7, 11) is 1.49. The Labute approximate surface area is 178 Å². The molecule has 0 spiro atoms. The van der Waals surface area contributed by atoms with Gasteiger partial charge in [0.05, 0.1) is 20.3 Å². The highest BCUT2D eigenvalue weighted by Gasteiger charge is 2.17. The first-order valence-corrected chi connectivity index (χ1v) is 10.7. The lowest BCUT2D eigenvalue weighted by Gasteiger charge is -2.25. The van der Waals surface area contributed by atoms with E-state index in [9.17, 15) is 4.39 Å². The SMILES string of the molecule is COc1c(F)cccc1-c1c[nH]c2ncc(-c3ccc(CN4CCOCC4)s3)cc12. The molecule has 1 N–H and O–H groups in total. The number of nitrogens with zero attached hydrogens (tertiary/aromatic N) is 2. The number of methoxy groups -OCH3 is 1. The Morgan fingerprint density at radius 2 is 2.07 bits per heavy atom. The Morgan fingerprint density at radius 3 is 2.90 bits per heavy atom. The van der Waals surface area contributed by atoms with Crippen molar-refractivity contribution in [1.82, 2.24) is 14.9 Å². The molecule has 4 aromatic rings. The number of hydrogen-bond donors (Lipinski definition) is 1. The number of pyridine rings is 1. The highest BCUT2D eigenvalue weighted by atomic mass is 32.1. The zero-order chi connectivity index (χ0) is 20.5. The van der Waals surface area contributed by atoms with Gasteiger partial charge in [0.25, 0.3) is 0 Å². The van der Waals surface area contributed by atoms with Crippen LogP contribution in [0.1, 0.15) is 4.88 Å². The minimum absolute atomic E-state index is 0.243. The summed E-state index contributed by atoms with van der Waals surface area (Å²) in [6.45, 7) is 4.50. The van der Waals surface area contributed by atoms with Crippen LogP contribution in [0.25, 0.3) is 32.6 Å². The highest BCUT2D eigenvalue weighted by molar-refractivity contribution is 7.15. The third kappa shape index (κ3) is 3.60. The van der Waals surface area contributed by atoms with Crippen molar-refractivity contribution in [2.24, 2.45) is 0 Å². The number of H-pyrrole nitrogens is 1. The van der Waals surface area contributed by atoms with Gasteiger partial charge < -0.3 is 14.5 Å². The molecule has 5 nitrogen and oxygen atoms in total. The Morgan fingerprint density at radius 1 is 1.20 bits per heavy atom. The van der Waals surface area contributed by atoms with E-state index in [1.54, 1.807) is 17.4 Å². The van der Waals surface area contributed by atoms with Gasteiger partial charge in [0.15, 0.2) is 11.6 Å². The first-order valence-electron chi connectivity index (χ1n) is 9.92. The molecule has 7 heteroatoms. The first kappa shape index (κ1) is 19.2. The van der Waals surface area contributed by atoms with Crippen molar-refractivity contribution < 1.29 is 13.9 Å². The minimum atomic E-state index is -0.375. The number of nitrogens with one attached hydrogen (secondary N) is 1. The number of halogens is 1. The zero-order valence-corrected chi connectivity index (χ0v) is 17.5. The van der Waals surface area contributed by atoms with Crippen molar-refractivity contribution in [3.8, 4) is 27.3 Å². The lowest BCUT2D eigenvalue weighted by atomic mass is 10.0. The summed E-state index contributed by atoms with van der Waals surface area (Å²) in [6.07, 6.45) is 3.74. The van der Waals surface area contributed by atoms with Crippen molar-refractivity contribution >= 4 is 22.4 Å². The normalized spacial score (nSPS) is 15.0. The van der Waals surface area contributed by atoms with Crippen molar-refractivity contribution in [2.45, 2.75) is 6.54 Å². The number of thiophene rings is 1. The number of para-hydroxylation sites is 1. The van der Waals surface area contributed by atoms with Gasteiger partial charge in [0.1, 0.15) is 5.65 Å². The van der Waals surface area contributed by atoms with Gasteiger partial charge >= 0.3 is 0 Å². The molecule has 1 aromatic carbocycles. The van der Waals surface area contributed by atoms with E-state index in [1.165, 1.54) is 22.9 Å². The maximum absolute atomic E-state index is 14.2. The van der Waals surface area contributed by atoms with E-state index in [-0.39, 0.29) is 11.6 Å². The van der Waals surface area contributed by atoms with E-state index in [0.717, 1.165) is 55.0 Å². The Hall–Kier alpha value is -2.74. The Bertz CT molecular complexity index is 1180. The van der Waals surface area contributed by atoms with Crippen LogP contribution in [0.15, 0.2) is 48.8 Å².